The molecular formula is C16H20FNOS. The van der Waals surface area contributed by atoms with Crippen LogP contribution in [-0.2, 0) is 0 Å². The summed E-state index contributed by atoms with van der Waals surface area (Å²) < 4.78 is 19.8. The van der Waals surface area contributed by atoms with Crippen molar-refractivity contribution in [3.63, 3.8) is 0 Å². The summed E-state index contributed by atoms with van der Waals surface area (Å²) in [5.41, 5.74) is 8.27. The molecule has 108 valence electrons. The van der Waals surface area contributed by atoms with E-state index in [1.165, 1.54) is 6.07 Å². The SMILES string of the molecule is CCC(N)C(Oc1cc(C)ccc1F)c1sccc1C. The van der Waals surface area contributed by atoms with Crippen LogP contribution in [0.4, 0.5) is 4.39 Å². The maximum Gasteiger partial charge on any atom is 0.165 e. The highest BCUT2D eigenvalue weighted by molar-refractivity contribution is 7.10. The van der Waals surface area contributed by atoms with Crippen LogP contribution < -0.4 is 10.5 Å². The average Bonchev–Trinajstić information content (AvgIpc) is 2.85. The van der Waals surface area contributed by atoms with Crippen molar-refractivity contribution in [2.75, 3.05) is 0 Å². The fraction of sp³-hybridized carbons (Fsp3) is 0.375. The van der Waals surface area contributed by atoms with Crippen LogP contribution in [0.15, 0.2) is 29.6 Å². The van der Waals surface area contributed by atoms with E-state index in [2.05, 4.69) is 0 Å². The van der Waals surface area contributed by atoms with Crippen LogP contribution in [-0.4, -0.2) is 6.04 Å². The first kappa shape index (κ1) is 15.0. The van der Waals surface area contributed by atoms with Crippen LogP contribution >= 0.6 is 11.3 Å². The van der Waals surface area contributed by atoms with Gasteiger partial charge in [0.15, 0.2) is 11.6 Å². The van der Waals surface area contributed by atoms with E-state index in [9.17, 15) is 4.39 Å². The Labute approximate surface area is 123 Å². The third-order valence-corrected chi connectivity index (χ3v) is 4.44. The summed E-state index contributed by atoms with van der Waals surface area (Å²) in [5, 5.41) is 2.01. The molecule has 0 aliphatic rings. The maximum absolute atomic E-state index is 13.9. The summed E-state index contributed by atoms with van der Waals surface area (Å²) in [4.78, 5) is 1.07. The molecule has 1 aromatic carbocycles. The number of aryl methyl sites for hydroxylation is 2. The minimum absolute atomic E-state index is 0.160. The van der Waals surface area contributed by atoms with Crippen molar-refractivity contribution in [2.24, 2.45) is 5.73 Å². The highest BCUT2D eigenvalue weighted by atomic mass is 32.1. The molecule has 0 spiro atoms. The molecule has 2 N–H and O–H groups in total. The van der Waals surface area contributed by atoms with Gasteiger partial charge in [0.05, 0.1) is 0 Å². The predicted octanol–water partition coefficient (Wildman–Crippen LogP) is 4.36. The van der Waals surface area contributed by atoms with Gasteiger partial charge >= 0.3 is 0 Å². The van der Waals surface area contributed by atoms with Gasteiger partial charge in [0.25, 0.3) is 0 Å². The molecule has 20 heavy (non-hydrogen) atoms. The molecule has 2 nitrogen and oxygen atoms in total. The second-order valence-electron chi connectivity index (χ2n) is 5.01. The number of thiophene rings is 1. The highest BCUT2D eigenvalue weighted by Crippen LogP contribution is 2.32. The highest BCUT2D eigenvalue weighted by Gasteiger charge is 2.24. The van der Waals surface area contributed by atoms with E-state index in [1.807, 2.05) is 32.2 Å². The van der Waals surface area contributed by atoms with Gasteiger partial charge in [-0.3, -0.25) is 0 Å². The van der Waals surface area contributed by atoms with E-state index in [0.717, 1.165) is 22.4 Å². The Balaban J connectivity index is 2.33. The summed E-state index contributed by atoms with van der Waals surface area (Å²) in [7, 11) is 0. The Morgan fingerprint density at radius 2 is 2.05 bits per heavy atom. The van der Waals surface area contributed by atoms with Crippen molar-refractivity contribution in [3.05, 3.63) is 51.5 Å². The lowest BCUT2D eigenvalue weighted by Crippen LogP contribution is -2.31. The first-order valence-corrected chi connectivity index (χ1v) is 7.63. The third kappa shape index (κ3) is 3.19. The second kappa shape index (κ2) is 6.37. The lowest BCUT2D eigenvalue weighted by atomic mass is 10.1. The van der Waals surface area contributed by atoms with Crippen LogP contribution in [0.3, 0.4) is 0 Å². The smallest absolute Gasteiger partial charge is 0.165 e. The monoisotopic (exact) mass is 293 g/mol. The molecule has 0 bridgehead atoms. The Bertz CT molecular complexity index is 582. The van der Waals surface area contributed by atoms with Crippen LogP contribution in [0, 0.1) is 19.7 Å². The van der Waals surface area contributed by atoms with Crippen molar-refractivity contribution < 1.29 is 9.13 Å². The van der Waals surface area contributed by atoms with Crippen molar-refractivity contribution in [1.29, 1.82) is 0 Å². The molecule has 0 amide bonds. The maximum atomic E-state index is 13.9. The fourth-order valence-corrected chi connectivity index (χ4v) is 3.09. The zero-order chi connectivity index (χ0) is 14.7. The molecule has 0 aliphatic heterocycles. The van der Waals surface area contributed by atoms with E-state index in [0.29, 0.717) is 0 Å². The number of benzene rings is 1. The Kier molecular flexibility index (Phi) is 4.78. The minimum Gasteiger partial charge on any atom is -0.480 e. The number of hydrogen-bond donors (Lipinski definition) is 1. The molecule has 2 atom stereocenters. The quantitative estimate of drug-likeness (QED) is 0.889. The normalized spacial score (nSPS) is 14.1. The van der Waals surface area contributed by atoms with Crippen LogP contribution in [0.1, 0.15) is 35.5 Å². The lowest BCUT2D eigenvalue weighted by molar-refractivity contribution is 0.166. The largest absolute Gasteiger partial charge is 0.480 e. The molecule has 0 aliphatic carbocycles. The van der Waals surface area contributed by atoms with Gasteiger partial charge in [-0.25, -0.2) is 4.39 Å². The first-order valence-electron chi connectivity index (χ1n) is 6.75. The molecule has 0 saturated heterocycles. The zero-order valence-electron chi connectivity index (χ0n) is 12.0. The first-order chi connectivity index (χ1) is 9.52. The van der Waals surface area contributed by atoms with Crippen LogP contribution in [0.25, 0.3) is 0 Å². The number of rotatable bonds is 5. The Hall–Kier alpha value is -1.39. The molecule has 1 heterocycles. The van der Waals surface area contributed by atoms with E-state index in [4.69, 9.17) is 10.5 Å². The van der Waals surface area contributed by atoms with Crippen molar-refractivity contribution in [2.45, 2.75) is 39.3 Å². The summed E-state index contributed by atoms with van der Waals surface area (Å²) >= 11 is 1.60. The summed E-state index contributed by atoms with van der Waals surface area (Å²) in [6.07, 6.45) is 0.464. The minimum atomic E-state index is -0.349. The number of ether oxygens (including phenoxy) is 1. The molecule has 1 aromatic heterocycles. The molecule has 4 heteroatoms. The van der Waals surface area contributed by atoms with E-state index in [1.54, 1.807) is 23.5 Å². The molecule has 2 unspecified atom stereocenters. The number of hydrogen-bond acceptors (Lipinski definition) is 3. The molecule has 2 aromatic rings. The van der Waals surface area contributed by atoms with Gasteiger partial charge in [0, 0.05) is 10.9 Å². The van der Waals surface area contributed by atoms with E-state index in [-0.39, 0.29) is 23.7 Å². The topological polar surface area (TPSA) is 35.2 Å². The number of nitrogens with two attached hydrogens (primary N) is 1. The lowest BCUT2D eigenvalue weighted by Gasteiger charge is -2.24. The Morgan fingerprint density at radius 1 is 1.30 bits per heavy atom. The van der Waals surface area contributed by atoms with E-state index >= 15 is 0 Å². The van der Waals surface area contributed by atoms with Gasteiger partial charge < -0.3 is 10.5 Å². The molecule has 2 rings (SSSR count). The third-order valence-electron chi connectivity index (χ3n) is 3.36. The van der Waals surface area contributed by atoms with Crippen LogP contribution in [0.2, 0.25) is 0 Å². The predicted molar refractivity (Wildman–Crippen MR) is 81.8 cm³/mol. The van der Waals surface area contributed by atoms with E-state index < -0.39 is 0 Å². The molecular weight excluding hydrogens is 273 g/mol. The Morgan fingerprint density at radius 3 is 2.65 bits per heavy atom. The molecule has 0 saturated carbocycles. The van der Waals surface area contributed by atoms with Gasteiger partial charge in [0.2, 0.25) is 0 Å². The van der Waals surface area contributed by atoms with Gasteiger partial charge in [-0.05, 0) is 55.0 Å². The molecule has 0 radical (unpaired) electrons. The van der Waals surface area contributed by atoms with Gasteiger partial charge in [0.1, 0.15) is 6.10 Å². The van der Waals surface area contributed by atoms with Crippen molar-refractivity contribution in [3.8, 4) is 5.75 Å². The fourth-order valence-electron chi connectivity index (χ4n) is 2.06. The van der Waals surface area contributed by atoms with Gasteiger partial charge in [-0.2, -0.15) is 0 Å². The summed E-state index contributed by atoms with van der Waals surface area (Å²) in [5.74, 6) is -0.0789. The average molecular weight is 293 g/mol. The zero-order valence-corrected chi connectivity index (χ0v) is 12.8. The van der Waals surface area contributed by atoms with Crippen molar-refractivity contribution in [1.82, 2.24) is 0 Å². The van der Waals surface area contributed by atoms with Gasteiger partial charge in [-0.15, -0.1) is 11.3 Å². The second-order valence-corrected chi connectivity index (χ2v) is 5.96. The van der Waals surface area contributed by atoms with Gasteiger partial charge in [-0.1, -0.05) is 13.0 Å². The van der Waals surface area contributed by atoms with Crippen molar-refractivity contribution >= 4 is 11.3 Å². The summed E-state index contributed by atoms with van der Waals surface area (Å²) in [6.45, 7) is 5.95. The standard InChI is InChI=1S/C16H20FNOS/c1-4-13(18)15(16-11(3)7-8-20-16)19-14-9-10(2)5-6-12(14)17/h5-9,13,15H,4,18H2,1-3H3. The summed E-state index contributed by atoms with van der Waals surface area (Å²) in [6, 6.07) is 6.75. The van der Waals surface area contributed by atoms with Crippen LogP contribution in [0.5, 0.6) is 5.75 Å². The number of halogens is 1. The molecule has 0 fully saturated rings.